The fourth-order valence-electron chi connectivity index (χ4n) is 5.33. The maximum atomic E-state index is 13.8. The van der Waals surface area contributed by atoms with Crippen LogP contribution in [0.1, 0.15) is 44.7 Å². The van der Waals surface area contributed by atoms with Crippen molar-refractivity contribution < 1.29 is 14.7 Å². The van der Waals surface area contributed by atoms with Crippen LogP contribution >= 0.6 is 0 Å². The quantitative estimate of drug-likeness (QED) is 0.772. The zero-order valence-corrected chi connectivity index (χ0v) is 17.8. The smallest absolute Gasteiger partial charge is 0.327 e. The molecule has 4 rings (SSSR count). The van der Waals surface area contributed by atoms with Crippen molar-refractivity contribution in [1.82, 2.24) is 14.7 Å². The van der Waals surface area contributed by atoms with Gasteiger partial charge in [-0.05, 0) is 49.7 Å². The number of aliphatic hydroxyl groups excluding tert-OH is 1. The van der Waals surface area contributed by atoms with Crippen molar-refractivity contribution in [3.8, 4) is 0 Å². The van der Waals surface area contributed by atoms with Crippen LogP contribution in [0.3, 0.4) is 0 Å². The molecule has 1 atom stereocenters. The molecule has 0 saturated carbocycles. The first-order valence-corrected chi connectivity index (χ1v) is 10.9. The lowest BCUT2D eigenvalue weighted by Gasteiger charge is -2.44. The monoisotopic (exact) mass is 399 g/mol. The van der Waals surface area contributed by atoms with Crippen LogP contribution in [0, 0.1) is 5.92 Å². The highest BCUT2D eigenvalue weighted by molar-refractivity contribution is 6.07. The number of hydrogen-bond donors (Lipinski definition) is 1. The number of nitrogens with zero attached hydrogens (tertiary/aromatic N) is 3. The summed E-state index contributed by atoms with van der Waals surface area (Å²) in [5.74, 6) is 0.302. The predicted molar refractivity (Wildman–Crippen MR) is 112 cm³/mol. The summed E-state index contributed by atoms with van der Waals surface area (Å²) >= 11 is 0. The van der Waals surface area contributed by atoms with Crippen LogP contribution in [0.4, 0.5) is 4.79 Å². The fourth-order valence-corrected chi connectivity index (χ4v) is 5.33. The minimum absolute atomic E-state index is 0.00254. The molecule has 158 valence electrons. The van der Waals surface area contributed by atoms with Crippen molar-refractivity contribution in [2.45, 2.75) is 64.1 Å². The third-order valence-electron chi connectivity index (χ3n) is 7.03. The van der Waals surface area contributed by atoms with Crippen LogP contribution in [-0.2, 0) is 17.6 Å². The molecule has 0 radical (unpaired) electrons. The number of fused-ring (bicyclic) bond motifs is 1. The van der Waals surface area contributed by atoms with E-state index in [1.807, 2.05) is 24.0 Å². The molecule has 2 aliphatic heterocycles. The highest BCUT2D eigenvalue weighted by Crippen LogP contribution is 2.41. The van der Waals surface area contributed by atoms with E-state index in [-0.39, 0.29) is 30.6 Å². The molecule has 1 spiro atoms. The Morgan fingerprint density at radius 1 is 1.07 bits per heavy atom. The lowest BCUT2D eigenvalue weighted by molar-refractivity contribution is -0.137. The van der Waals surface area contributed by atoms with Crippen LogP contribution in [0.5, 0.6) is 0 Å². The summed E-state index contributed by atoms with van der Waals surface area (Å²) < 4.78 is 0. The molecule has 0 bridgehead atoms. The Morgan fingerprint density at radius 2 is 1.66 bits per heavy atom. The van der Waals surface area contributed by atoms with Gasteiger partial charge in [0, 0.05) is 31.7 Å². The summed E-state index contributed by atoms with van der Waals surface area (Å²) in [4.78, 5) is 33.0. The number of likely N-dealkylation sites (tertiary alicyclic amines) is 1. The number of hydrogen-bond acceptors (Lipinski definition) is 4. The molecule has 1 aromatic carbocycles. The van der Waals surface area contributed by atoms with E-state index >= 15 is 0 Å². The summed E-state index contributed by atoms with van der Waals surface area (Å²) in [6.45, 7) is 8.39. The van der Waals surface area contributed by atoms with Gasteiger partial charge in [-0.15, -0.1) is 0 Å². The van der Waals surface area contributed by atoms with E-state index < -0.39 is 5.54 Å². The number of carbonyl (C=O) groups excluding carboxylic acids is 2. The van der Waals surface area contributed by atoms with E-state index in [1.165, 1.54) is 11.1 Å². The third kappa shape index (κ3) is 3.36. The van der Waals surface area contributed by atoms with Gasteiger partial charge >= 0.3 is 6.03 Å². The van der Waals surface area contributed by atoms with Crippen molar-refractivity contribution in [3.05, 3.63) is 35.4 Å². The summed E-state index contributed by atoms with van der Waals surface area (Å²) in [5, 5.41) is 9.50. The number of piperidine rings is 1. The summed E-state index contributed by atoms with van der Waals surface area (Å²) in [5.41, 5.74) is 1.78. The zero-order chi connectivity index (χ0) is 20.8. The topological polar surface area (TPSA) is 64.1 Å². The van der Waals surface area contributed by atoms with Crippen molar-refractivity contribution in [2.24, 2.45) is 5.92 Å². The van der Waals surface area contributed by atoms with Gasteiger partial charge in [0.1, 0.15) is 5.54 Å². The predicted octanol–water partition coefficient (Wildman–Crippen LogP) is 2.29. The van der Waals surface area contributed by atoms with E-state index in [4.69, 9.17) is 0 Å². The van der Waals surface area contributed by atoms with Crippen molar-refractivity contribution >= 4 is 11.9 Å². The summed E-state index contributed by atoms with van der Waals surface area (Å²) in [6, 6.07) is 8.17. The summed E-state index contributed by atoms with van der Waals surface area (Å²) in [6.07, 6.45) is 2.80. The van der Waals surface area contributed by atoms with E-state index in [2.05, 4.69) is 30.9 Å². The van der Waals surface area contributed by atoms with Gasteiger partial charge in [-0.2, -0.15) is 0 Å². The summed E-state index contributed by atoms with van der Waals surface area (Å²) in [7, 11) is 0. The number of aliphatic hydroxyl groups is 1. The van der Waals surface area contributed by atoms with Crippen LogP contribution in [0.25, 0.3) is 0 Å². The number of amides is 3. The number of rotatable bonds is 5. The molecule has 1 unspecified atom stereocenters. The van der Waals surface area contributed by atoms with Crippen LogP contribution in [0.15, 0.2) is 24.3 Å². The lowest BCUT2D eigenvalue weighted by atomic mass is 9.84. The molecule has 1 aliphatic carbocycles. The number of carbonyl (C=O) groups is 2. The normalized spacial score (nSPS) is 23.5. The maximum Gasteiger partial charge on any atom is 0.327 e. The average molecular weight is 400 g/mol. The van der Waals surface area contributed by atoms with Gasteiger partial charge in [0.05, 0.1) is 6.61 Å². The maximum absolute atomic E-state index is 13.8. The molecule has 2 heterocycles. The Labute approximate surface area is 173 Å². The van der Waals surface area contributed by atoms with Crippen molar-refractivity contribution in [3.63, 3.8) is 0 Å². The molecule has 1 N–H and O–H groups in total. The number of benzene rings is 1. The van der Waals surface area contributed by atoms with Gasteiger partial charge in [0.2, 0.25) is 0 Å². The first-order chi connectivity index (χ1) is 13.9. The Bertz CT molecular complexity index is 760. The lowest BCUT2D eigenvalue weighted by Crippen LogP contribution is -2.58. The van der Waals surface area contributed by atoms with Crippen LogP contribution < -0.4 is 0 Å². The largest absolute Gasteiger partial charge is 0.395 e. The first kappa shape index (κ1) is 20.4. The third-order valence-corrected chi connectivity index (χ3v) is 7.03. The van der Waals surface area contributed by atoms with E-state index in [0.29, 0.717) is 25.3 Å². The fraction of sp³-hybridized carbons (Fsp3) is 0.652. The van der Waals surface area contributed by atoms with Gasteiger partial charge in [-0.3, -0.25) is 14.6 Å². The average Bonchev–Trinajstić information content (AvgIpc) is 3.21. The zero-order valence-electron chi connectivity index (χ0n) is 17.8. The minimum Gasteiger partial charge on any atom is -0.395 e. The Kier molecular flexibility index (Phi) is 5.42. The molecule has 1 aromatic rings. The molecule has 29 heavy (non-hydrogen) atoms. The second-order valence-electron chi connectivity index (χ2n) is 9.39. The number of urea groups is 1. The highest BCUT2D eigenvalue weighted by Gasteiger charge is 2.59. The van der Waals surface area contributed by atoms with Gasteiger partial charge < -0.3 is 10.0 Å². The van der Waals surface area contributed by atoms with Gasteiger partial charge in [-0.1, -0.05) is 38.1 Å². The van der Waals surface area contributed by atoms with Crippen molar-refractivity contribution in [2.75, 3.05) is 26.2 Å². The molecular weight excluding hydrogens is 366 g/mol. The first-order valence-electron chi connectivity index (χ1n) is 10.9. The molecular formula is C23H33N3O3. The number of imide groups is 1. The molecule has 3 aliphatic rings. The second-order valence-corrected chi connectivity index (χ2v) is 9.39. The Morgan fingerprint density at radius 3 is 2.17 bits per heavy atom. The van der Waals surface area contributed by atoms with E-state index in [1.54, 1.807) is 4.90 Å². The second kappa shape index (κ2) is 7.73. The Hall–Kier alpha value is -1.92. The Balaban J connectivity index is 1.60. The van der Waals surface area contributed by atoms with Gasteiger partial charge in [-0.25, -0.2) is 4.79 Å². The van der Waals surface area contributed by atoms with E-state index in [9.17, 15) is 14.7 Å². The van der Waals surface area contributed by atoms with Crippen LogP contribution in [-0.4, -0.2) is 75.6 Å². The molecule has 0 aromatic heterocycles. The SMILES string of the molecule is CC(C)CN1C(=O)N(C2Cc3ccccc3C2)C(=O)C12CCN(C(C)CO)CC2. The van der Waals surface area contributed by atoms with Gasteiger partial charge in [0.25, 0.3) is 5.91 Å². The van der Waals surface area contributed by atoms with Crippen LogP contribution in [0.2, 0.25) is 0 Å². The molecule has 6 heteroatoms. The molecule has 6 nitrogen and oxygen atoms in total. The van der Waals surface area contributed by atoms with E-state index in [0.717, 1.165) is 25.9 Å². The molecule has 2 fully saturated rings. The van der Waals surface area contributed by atoms with Crippen molar-refractivity contribution in [1.29, 1.82) is 0 Å². The standard InChI is InChI=1S/C23H33N3O3/c1-16(2)14-25-22(29)26(20-12-18-6-4-5-7-19(18)13-20)21(28)23(25)8-10-24(11-9-23)17(3)15-27/h4-7,16-17,20,27H,8-15H2,1-3H3. The molecule has 2 saturated heterocycles. The highest BCUT2D eigenvalue weighted by atomic mass is 16.3. The molecule has 3 amide bonds. The van der Waals surface area contributed by atoms with Gasteiger partial charge in [0.15, 0.2) is 0 Å². The minimum atomic E-state index is -0.720.